The number of rotatable bonds is 5. The minimum Gasteiger partial charge on any atom is -0.337 e. The molecule has 27 heavy (non-hydrogen) atoms. The van der Waals surface area contributed by atoms with E-state index in [4.69, 9.17) is 0 Å². The highest BCUT2D eigenvalue weighted by Crippen LogP contribution is 2.27. The number of carbonyl (C=O) groups is 1. The van der Waals surface area contributed by atoms with Crippen LogP contribution in [0.4, 0.5) is 0 Å². The largest absolute Gasteiger partial charge is 0.337 e. The van der Waals surface area contributed by atoms with Crippen molar-refractivity contribution in [1.29, 1.82) is 0 Å². The number of carbonyl (C=O) groups excluding carboxylic acids is 1. The van der Waals surface area contributed by atoms with Gasteiger partial charge in [-0.2, -0.15) is 0 Å². The lowest BCUT2D eigenvalue weighted by Crippen LogP contribution is -2.48. The maximum Gasteiger partial charge on any atom is 0.263 e. The average Bonchev–Trinajstić information content (AvgIpc) is 3.16. The van der Waals surface area contributed by atoms with Crippen molar-refractivity contribution in [2.45, 2.75) is 25.3 Å². The van der Waals surface area contributed by atoms with E-state index < -0.39 is 0 Å². The molecule has 4 rings (SSSR count). The Hall–Kier alpha value is -2.17. The van der Waals surface area contributed by atoms with Crippen molar-refractivity contribution in [3.63, 3.8) is 0 Å². The molecule has 1 aliphatic rings. The molecule has 1 aromatic heterocycles. The van der Waals surface area contributed by atoms with Gasteiger partial charge in [0.1, 0.15) is 0 Å². The Morgan fingerprint density at radius 3 is 2.74 bits per heavy atom. The molecule has 1 amide bonds. The normalized spacial score (nSPS) is 17.9. The Labute approximate surface area is 165 Å². The zero-order valence-corrected chi connectivity index (χ0v) is 16.6. The molecule has 1 fully saturated rings. The number of nitrogens with zero attached hydrogens (tertiary/aromatic N) is 2. The van der Waals surface area contributed by atoms with Crippen LogP contribution in [0.15, 0.2) is 60.7 Å². The van der Waals surface area contributed by atoms with E-state index >= 15 is 0 Å². The number of thiophene rings is 1. The van der Waals surface area contributed by atoms with Crippen LogP contribution in [0.3, 0.4) is 0 Å². The van der Waals surface area contributed by atoms with Crippen molar-refractivity contribution in [3.8, 4) is 0 Å². The zero-order valence-electron chi connectivity index (χ0n) is 15.8. The highest BCUT2D eigenvalue weighted by Gasteiger charge is 2.27. The Morgan fingerprint density at radius 1 is 1.15 bits per heavy atom. The van der Waals surface area contributed by atoms with Crippen molar-refractivity contribution in [2.24, 2.45) is 0 Å². The fourth-order valence-electron chi connectivity index (χ4n) is 3.91. The number of hydrogen-bond acceptors (Lipinski definition) is 3. The summed E-state index contributed by atoms with van der Waals surface area (Å²) < 4.78 is 1.18. The lowest BCUT2D eigenvalue weighted by atomic mass is 10.0. The van der Waals surface area contributed by atoms with Gasteiger partial charge < -0.3 is 9.80 Å². The van der Waals surface area contributed by atoms with Crippen LogP contribution in [-0.2, 0) is 6.42 Å². The summed E-state index contributed by atoms with van der Waals surface area (Å²) in [6.45, 7) is 3.17. The number of amides is 1. The molecule has 0 N–H and O–H groups in total. The van der Waals surface area contributed by atoms with Crippen LogP contribution in [0.2, 0.25) is 0 Å². The van der Waals surface area contributed by atoms with Gasteiger partial charge in [0.2, 0.25) is 0 Å². The fraction of sp³-hybridized carbons (Fsp3) is 0.348. The second-order valence-electron chi connectivity index (χ2n) is 7.40. The minimum absolute atomic E-state index is 0.158. The maximum absolute atomic E-state index is 13.0. The number of benzene rings is 2. The predicted molar refractivity (Wildman–Crippen MR) is 114 cm³/mol. The highest BCUT2D eigenvalue weighted by molar-refractivity contribution is 7.20. The summed E-state index contributed by atoms with van der Waals surface area (Å²) >= 11 is 1.60. The lowest BCUT2D eigenvalue weighted by molar-refractivity contribution is 0.0624. The molecule has 1 saturated heterocycles. The molecule has 0 spiro atoms. The summed E-state index contributed by atoms with van der Waals surface area (Å²) in [6, 6.07) is 21.2. The van der Waals surface area contributed by atoms with Gasteiger partial charge in [-0.15, -0.1) is 11.3 Å². The number of likely N-dealkylation sites (N-methyl/N-ethyl adjacent to an activating group) is 1. The molecular weight excluding hydrogens is 352 g/mol. The van der Waals surface area contributed by atoms with Crippen molar-refractivity contribution in [2.75, 3.05) is 26.7 Å². The molecule has 0 unspecified atom stereocenters. The molecule has 0 saturated carbocycles. The van der Waals surface area contributed by atoms with Gasteiger partial charge in [-0.25, -0.2) is 0 Å². The van der Waals surface area contributed by atoms with E-state index in [0.717, 1.165) is 49.2 Å². The van der Waals surface area contributed by atoms with E-state index in [2.05, 4.69) is 47.4 Å². The first kappa shape index (κ1) is 18.2. The highest BCUT2D eigenvalue weighted by atomic mass is 32.1. The molecule has 3 aromatic rings. The molecule has 2 heterocycles. The molecule has 1 atom stereocenters. The molecule has 3 nitrogen and oxygen atoms in total. The van der Waals surface area contributed by atoms with E-state index in [0.29, 0.717) is 6.04 Å². The third-order valence-electron chi connectivity index (χ3n) is 5.54. The van der Waals surface area contributed by atoms with E-state index in [9.17, 15) is 4.79 Å². The minimum atomic E-state index is 0.158. The van der Waals surface area contributed by atoms with Gasteiger partial charge in [-0.05, 0) is 48.9 Å². The maximum atomic E-state index is 13.0. The van der Waals surface area contributed by atoms with Gasteiger partial charge in [0.05, 0.1) is 4.88 Å². The van der Waals surface area contributed by atoms with Crippen LogP contribution in [0.25, 0.3) is 10.1 Å². The predicted octanol–water partition coefficient (Wildman–Crippen LogP) is 4.68. The first-order valence-electron chi connectivity index (χ1n) is 9.73. The van der Waals surface area contributed by atoms with Gasteiger partial charge in [0.15, 0.2) is 0 Å². The Bertz CT molecular complexity index is 872. The molecular formula is C23H26N2OS. The lowest BCUT2D eigenvalue weighted by Gasteiger charge is -2.37. The Balaban J connectivity index is 1.38. The summed E-state index contributed by atoms with van der Waals surface area (Å²) in [5, 5.41) is 1.16. The summed E-state index contributed by atoms with van der Waals surface area (Å²) in [5.41, 5.74) is 1.38. The van der Waals surface area contributed by atoms with Crippen molar-refractivity contribution < 1.29 is 4.79 Å². The average molecular weight is 379 g/mol. The van der Waals surface area contributed by atoms with E-state index in [1.807, 2.05) is 30.1 Å². The van der Waals surface area contributed by atoms with E-state index in [-0.39, 0.29) is 5.91 Å². The fourth-order valence-corrected chi connectivity index (χ4v) is 4.95. The van der Waals surface area contributed by atoms with Crippen LogP contribution < -0.4 is 0 Å². The van der Waals surface area contributed by atoms with Crippen LogP contribution in [-0.4, -0.2) is 48.4 Å². The third kappa shape index (κ3) is 4.23. The first-order chi connectivity index (χ1) is 13.2. The summed E-state index contributed by atoms with van der Waals surface area (Å²) in [4.78, 5) is 18.3. The van der Waals surface area contributed by atoms with Gasteiger partial charge >= 0.3 is 0 Å². The van der Waals surface area contributed by atoms with Crippen LogP contribution >= 0.6 is 11.3 Å². The number of hydrogen-bond donors (Lipinski definition) is 0. The number of likely N-dealkylation sites (tertiary alicyclic amines) is 1. The topological polar surface area (TPSA) is 23.6 Å². The van der Waals surface area contributed by atoms with E-state index in [1.165, 1.54) is 10.3 Å². The van der Waals surface area contributed by atoms with Crippen molar-refractivity contribution >= 4 is 27.3 Å². The van der Waals surface area contributed by atoms with Gasteiger partial charge in [0, 0.05) is 30.9 Å². The second-order valence-corrected chi connectivity index (χ2v) is 8.48. The van der Waals surface area contributed by atoms with Gasteiger partial charge in [-0.1, -0.05) is 48.5 Å². The molecule has 1 aliphatic heterocycles. The number of fused-ring (bicyclic) bond motifs is 1. The van der Waals surface area contributed by atoms with Crippen LogP contribution in [0.5, 0.6) is 0 Å². The molecule has 0 aliphatic carbocycles. The smallest absolute Gasteiger partial charge is 0.263 e. The summed E-state index contributed by atoms with van der Waals surface area (Å²) in [6.07, 6.45) is 3.32. The second kappa shape index (κ2) is 8.24. The quantitative estimate of drug-likeness (QED) is 0.643. The SMILES string of the molecule is CN(C(=O)c1cc2ccccc2s1)[C@H]1CCCN(CCc2ccccc2)C1. The molecule has 0 radical (unpaired) electrons. The van der Waals surface area contributed by atoms with Crippen LogP contribution in [0, 0.1) is 0 Å². The van der Waals surface area contributed by atoms with Crippen LogP contribution in [0.1, 0.15) is 28.1 Å². The van der Waals surface area contributed by atoms with Crippen molar-refractivity contribution in [3.05, 3.63) is 71.1 Å². The monoisotopic (exact) mass is 378 g/mol. The molecule has 2 aromatic carbocycles. The van der Waals surface area contributed by atoms with Gasteiger partial charge in [0.25, 0.3) is 5.91 Å². The van der Waals surface area contributed by atoms with Gasteiger partial charge in [-0.3, -0.25) is 4.79 Å². The van der Waals surface area contributed by atoms with Crippen molar-refractivity contribution in [1.82, 2.24) is 9.80 Å². The number of piperidine rings is 1. The summed E-state index contributed by atoms with van der Waals surface area (Å²) in [7, 11) is 1.97. The zero-order chi connectivity index (χ0) is 18.6. The summed E-state index contributed by atoms with van der Waals surface area (Å²) in [5.74, 6) is 0.158. The Morgan fingerprint density at radius 2 is 1.93 bits per heavy atom. The third-order valence-corrected chi connectivity index (χ3v) is 6.65. The van der Waals surface area contributed by atoms with E-state index in [1.54, 1.807) is 11.3 Å². The first-order valence-corrected chi connectivity index (χ1v) is 10.5. The Kier molecular flexibility index (Phi) is 5.55. The molecule has 0 bridgehead atoms. The molecule has 140 valence electrons. The molecule has 4 heteroatoms. The standard InChI is InChI=1S/C23H26N2OS/c1-24(23(26)22-16-19-10-5-6-12-21(19)27-22)20-11-7-14-25(17-20)15-13-18-8-3-2-4-9-18/h2-6,8-10,12,16,20H,7,11,13-15,17H2,1H3/t20-/m0/s1.